The van der Waals surface area contributed by atoms with Crippen LogP contribution in [0.2, 0.25) is 0 Å². The molecule has 0 saturated carbocycles. The summed E-state index contributed by atoms with van der Waals surface area (Å²) in [5.41, 5.74) is 1.83. The van der Waals surface area contributed by atoms with Gasteiger partial charge in [-0.3, -0.25) is 8.37 Å². The van der Waals surface area contributed by atoms with E-state index in [1.54, 1.807) is 24.3 Å². The van der Waals surface area contributed by atoms with E-state index in [-0.39, 0.29) is 36.6 Å². The summed E-state index contributed by atoms with van der Waals surface area (Å²) in [4.78, 5) is 0.0476. The molecule has 2 aromatic rings. The van der Waals surface area contributed by atoms with E-state index in [1.165, 1.54) is 24.3 Å². The molecule has 0 aromatic heterocycles. The molecule has 34 heavy (non-hydrogen) atoms. The number of rotatable bonds is 8. The van der Waals surface area contributed by atoms with Crippen molar-refractivity contribution < 1.29 is 44.1 Å². The highest BCUT2D eigenvalue weighted by Gasteiger charge is 2.45. The van der Waals surface area contributed by atoms with Crippen LogP contribution in [0.1, 0.15) is 11.1 Å². The van der Waals surface area contributed by atoms with Crippen LogP contribution >= 0.6 is 0 Å². The molecule has 0 aliphatic carbocycles. The molecule has 2 heterocycles. The smallest absolute Gasteiger partial charge is 0.297 e. The third-order valence-corrected chi connectivity index (χ3v) is 8.13. The van der Waals surface area contributed by atoms with Gasteiger partial charge in [-0.15, -0.1) is 0 Å². The molecule has 0 radical (unpaired) electrons. The molecule has 0 amide bonds. The second-order valence-electron chi connectivity index (χ2n) is 8.01. The lowest BCUT2D eigenvalue weighted by Crippen LogP contribution is -2.45. The quantitative estimate of drug-likeness (QED) is 0.483. The molecular formula is C22H26O10S2. The Hall–Kier alpha value is -1.90. The van der Waals surface area contributed by atoms with Crippen LogP contribution < -0.4 is 0 Å². The molecule has 2 aromatic carbocycles. The zero-order chi connectivity index (χ0) is 24.3. The van der Waals surface area contributed by atoms with Crippen molar-refractivity contribution in [2.75, 3.05) is 26.8 Å². The summed E-state index contributed by atoms with van der Waals surface area (Å²) in [5, 5.41) is 0. The molecule has 2 aliphatic heterocycles. The Bertz CT molecular complexity index is 1080. The largest absolute Gasteiger partial charge is 0.347 e. The summed E-state index contributed by atoms with van der Waals surface area (Å²) in [6.45, 7) is 2.68. The molecule has 0 N–H and O–H groups in total. The zero-order valence-electron chi connectivity index (χ0n) is 18.7. The molecule has 2 saturated heterocycles. The lowest BCUT2D eigenvalue weighted by molar-refractivity contribution is -0.142. The van der Waals surface area contributed by atoms with Crippen molar-refractivity contribution in [3.63, 3.8) is 0 Å². The Morgan fingerprint density at radius 1 is 0.647 bits per heavy atom. The van der Waals surface area contributed by atoms with Gasteiger partial charge in [-0.2, -0.15) is 16.8 Å². The summed E-state index contributed by atoms with van der Waals surface area (Å²) < 4.78 is 82.9. The topological polar surface area (TPSA) is 124 Å². The van der Waals surface area contributed by atoms with Gasteiger partial charge in [-0.1, -0.05) is 35.4 Å². The Morgan fingerprint density at radius 2 is 1.00 bits per heavy atom. The average Bonchev–Trinajstić information content (AvgIpc) is 3.22. The van der Waals surface area contributed by atoms with E-state index < -0.39 is 44.7 Å². The maximum atomic E-state index is 12.5. The van der Waals surface area contributed by atoms with E-state index in [2.05, 4.69) is 0 Å². The molecule has 0 bridgehead atoms. The Kier molecular flexibility index (Phi) is 7.69. The van der Waals surface area contributed by atoms with Gasteiger partial charge in [0.25, 0.3) is 20.2 Å². The van der Waals surface area contributed by atoms with Gasteiger partial charge in [0.1, 0.15) is 38.0 Å². The van der Waals surface area contributed by atoms with E-state index in [9.17, 15) is 16.8 Å². The fourth-order valence-corrected chi connectivity index (χ4v) is 5.41. The molecule has 186 valence electrons. The minimum absolute atomic E-state index is 0.0238. The summed E-state index contributed by atoms with van der Waals surface area (Å²) in [5.74, 6) is 0. The fourth-order valence-electron chi connectivity index (χ4n) is 3.57. The van der Waals surface area contributed by atoms with Crippen LogP contribution in [0.15, 0.2) is 58.3 Å². The van der Waals surface area contributed by atoms with Gasteiger partial charge in [-0.05, 0) is 38.1 Å². The molecular weight excluding hydrogens is 488 g/mol. The highest BCUT2D eigenvalue weighted by Crippen LogP contribution is 2.28. The standard InChI is InChI=1S/C22H26O10S2/c1-15-3-7-17(8-4-15)33(23,24)31-11-19-21-22(30-14-29-21)20(28-13-27-19)12-32-34(25,26)18-9-5-16(2)6-10-18/h3-10,19-22H,11-14H2,1-2H3. The van der Waals surface area contributed by atoms with E-state index in [4.69, 9.17) is 27.3 Å². The first-order valence-corrected chi connectivity index (χ1v) is 13.4. The van der Waals surface area contributed by atoms with Crippen molar-refractivity contribution in [3.8, 4) is 0 Å². The van der Waals surface area contributed by atoms with Crippen LogP contribution in [0, 0.1) is 13.8 Å². The van der Waals surface area contributed by atoms with Crippen molar-refractivity contribution in [1.29, 1.82) is 0 Å². The number of aryl methyl sites for hydroxylation is 2. The number of hydrogen-bond donors (Lipinski definition) is 0. The van der Waals surface area contributed by atoms with Crippen molar-refractivity contribution in [2.24, 2.45) is 0 Å². The lowest BCUT2D eigenvalue weighted by atomic mass is 10.0. The minimum atomic E-state index is -4.02. The second-order valence-corrected chi connectivity index (χ2v) is 11.2. The number of benzene rings is 2. The number of ether oxygens (including phenoxy) is 4. The fraction of sp³-hybridized carbons (Fsp3) is 0.455. The minimum Gasteiger partial charge on any atom is -0.347 e. The Morgan fingerprint density at radius 3 is 1.38 bits per heavy atom. The molecule has 2 aliphatic rings. The number of fused-ring (bicyclic) bond motifs is 1. The highest BCUT2D eigenvalue weighted by molar-refractivity contribution is 7.87. The van der Waals surface area contributed by atoms with Gasteiger partial charge in [0.15, 0.2) is 0 Å². The maximum absolute atomic E-state index is 12.5. The summed E-state index contributed by atoms with van der Waals surface area (Å²) in [7, 11) is -8.03. The molecule has 4 rings (SSSR count). The van der Waals surface area contributed by atoms with Gasteiger partial charge < -0.3 is 18.9 Å². The van der Waals surface area contributed by atoms with E-state index in [0.717, 1.165) is 11.1 Å². The van der Waals surface area contributed by atoms with Crippen LogP contribution in [0.5, 0.6) is 0 Å². The van der Waals surface area contributed by atoms with Gasteiger partial charge >= 0.3 is 0 Å². The normalized spacial score (nSPS) is 25.6. The van der Waals surface area contributed by atoms with Crippen molar-refractivity contribution >= 4 is 20.2 Å². The lowest BCUT2D eigenvalue weighted by Gasteiger charge is -2.25. The third kappa shape index (κ3) is 5.83. The molecule has 4 atom stereocenters. The first-order valence-electron chi connectivity index (χ1n) is 10.5. The third-order valence-electron chi connectivity index (χ3n) is 5.54. The molecule has 4 unspecified atom stereocenters. The molecule has 2 fully saturated rings. The molecule has 0 spiro atoms. The van der Waals surface area contributed by atoms with Crippen molar-refractivity contribution in [3.05, 3.63) is 59.7 Å². The average molecular weight is 515 g/mol. The monoisotopic (exact) mass is 514 g/mol. The molecule has 10 nitrogen and oxygen atoms in total. The van der Waals surface area contributed by atoms with Crippen molar-refractivity contribution in [2.45, 2.75) is 48.1 Å². The predicted molar refractivity (Wildman–Crippen MR) is 118 cm³/mol. The van der Waals surface area contributed by atoms with Crippen molar-refractivity contribution in [1.82, 2.24) is 0 Å². The SMILES string of the molecule is Cc1ccc(S(=O)(=O)OCC2OCOC(COS(=O)(=O)c3ccc(C)cc3)C3OCOC23)cc1. The van der Waals surface area contributed by atoms with Gasteiger partial charge in [-0.25, -0.2) is 0 Å². The summed E-state index contributed by atoms with van der Waals surface area (Å²) >= 11 is 0. The van der Waals surface area contributed by atoms with E-state index in [0.29, 0.717) is 0 Å². The van der Waals surface area contributed by atoms with Gasteiger partial charge in [0.2, 0.25) is 0 Å². The van der Waals surface area contributed by atoms with Crippen LogP contribution in [0.3, 0.4) is 0 Å². The first-order chi connectivity index (χ1) is 16.2. The highest BCUT2D eigenvalue weighted by atomic mass is 32.2. The molecule has 12 heteroatoms. The van der Waals surface area contributed by atoms with Crippen LogP contribution in [0.25, 0.3) is 0 Å². The Balaban J connectivity index is 1.39. The maximum Gasteiger partial charge on any atom is 0.297 e. The second kappa shape index (κ2) is 10.4. The van der Waals surface area contributed by atoms with E-state index >= 15 is 0 Å². The number of hydrogen-bond acceptors (Lipinski definition) is 10. The first kappa shape index (κ1) is 25.2. The zero-order valence-corrected chi connectivity index (χ0v) is 20.3. The summed E-state index contributed by atoms with van der Waals surface area (Å²) in [6, 6.07) is 12.5. The van der Waals surface area contributed by atoms with Gasteiger partial charge in [0.05, 0.1) is 23.0 Å². The summed E-state index contributed by atoms with van der Waals surface area (Å²) in [6.07, 6.45) is -3.14. The van der Waals surface area contributed by atoms with Gasteiger partial charge in [0, 0.05) is 0 Å². The van der Waals surface area contributed by atoms with Crippen LogP contribution in [-0.4, -0.2) is 68.1 Å². The van der Waals surface area contributed by atoms with Crippen LogP contribution in [-0.2, 0) is 47.5 Å². The predicted octanol–water partition coefficient (Wildman–Crippen LogP) is 1.90. The van der Waals surface area contributed by atoms with E-state index in [1.807, 2.05) is 13.8 Å². The van der Waals surface area contributed by atoms with Crippen LogP contribution in [0.4, 0.5) is 0 Å². The Labute approximate surface area is 198 Å².